The molecule has 0 fully saturated rings. The maximum Gasteiger partial charge on any atom is 0.413 e. The van der Waals surface area contributed by atoms with Crippen molar-refractivity contribution in [1.82, 2.24) is 35.0 Å². The number of anilines is 2. The number of hydrogen-bond donors (Lipinski definition) is 4. The number of aliphatic hydroxyl groups excluding tert-OH is 1. The highest BCUT2D eigenvalue weighted by atomic mass is 32.1. The van der Waals surface area contributed by atoms with Crippen LogP contribution in [0, 0.1) is 0 Å². The molecule has 6 heterocycles. The largest absolute Gasteiger partial charge is 0.444 e. The number of ether oxygens (including phenoxy) is 1. The van der Waals surface area contributed by atoms with Gasteiger partial charge < -0.3 is 20.5 Å². The van der Waals surface area contributed by atoms with E-state index in [0.29, 0.717) is 16.5 Å². The minimum Gasteiger partial charge on any atom is -0.444 e. The van der Waals surface area contributed by atoms with Crippen molar-refractivity contribution in [2.24, 2.45) is 0 Å². The van der Waals surface area contributed by atoms with Gasteiger partial charge in [0, 0.05) is 33.8 Å². The number of fused-ring (bicyclic) bond motifs is 2. The molecule has 0 unspecified atom stereocenters. The predicted molar refractivity (Wildman–Crippen MR) is 170 cm³/mol. The van der Waals surface area contributed by atoms with Gasteiger partial charge in [-0.3, -0.25) is 29.3 Å². The van der Waals surface area contributed by atoms with Crippen molar-refractivity contribution in [2.75, 3.05) is 10.6 Å². The Morgan fingerprint density at radius 2 is 1.89 bits per heavy atom. The summed E-state index contributed by atoms with van der Waals surface area (Å²) in [5.41, 5.74) is -0.973. The smallest absolute Gasteiger partial charge is 0.413 e. The molecule has 3 amide bonds. The summed E-state index contributed by atoms with van der Waals surface area (Å²) >= 11 is 2.40. The third-order valence-electron chi connectivity index (χ3n) is 6.65. The van der Waals surface area contributed by atoms with Gasteiger partial charge in [-0.05, 0) is 45.0 Å². The van der Waals surface area contributed by atoms with Crippen LogP contribution >= 0.6 is 22.7 Å². The van der Waals surface area contributed by atoms with E-state index in [1.807, 2.05) is 6.07 Å². The van der Waals surface area contributed by atoms with Crippen LogP contribution in [0.2, 0.25) is 0 Å². The number of aliphatic hydroxyl groups is 1. The minimum absolute atomic E-state index is 0.00570. The van der Waals surface area contributed by atoms with E-state index >= 15 is 0 Å². The summed E-state index contributed by atoms with van der Waals surface area (Å²) < 4.78 is 7.19. The molecule has 15 nitrogen and oxygen atoms in total. The van der Waals surface area contributed by atoms with Crippen molar-refractivity contribution in [2.45, 2.75) is 51.5 Å². The highest BCUT2D eigenvalue weighted by Crippen LogP contribution is 2.33. The normalized spacial score (nSPS) is 15.7. The van der Waals surface area contributed by atoms with E-state index in [1.165, 1.54) is 11.3 Å². The lowest BCUT2D eigenvalue weighted by Gasteiger charge is -2.19. The van der Waals surface area contributed by atoms with Crippen LogP contribution in [0.5, 0.6) is 0 Å². The van der Waals surface area contributed by atoms with Gasteiger partial charge in [-0.15, -0.1) is 21.5 Å². The van der Waals surface area contributed by atoms with E-state index in [-0.39, 0.29) is 29.5 Å². The lowest BCUT2D eigenvalue weighted by molar-refractivity contribution is -0.124. The molecule has 5 aromatic heterocycles. The first-order chi connectivity index (χ1) is 21.9. The monoisotopic (exact) mass is 661 g/mol. The van der Waals surface area contributed by atoms with Gasteiger partial charge in [-0.25, -0.2) is 14.8 Å². The zero-order valence-corrected chi connectivity index (χ0v) is 26.3. The fourth-order valence-corrected chi connectivity index (χ4v) is 6.42. The zero-order valence-electron chi connectivity index (χ0n) is 24.7. The van der Waals surface area contributed by atoms with Gasteiger partial charge >= 0.3 is 6.09 Å². The van der Waals surface area contributed by atoms with Crippen LogP contribution in [-0.4, -0.2) is 58.3 Å². The Kier molecular flexibility index (Phi) is 8.28. The van der Waals surface area contributed by atoms with Crippen LogP contribution in [0.1, 0.15) is 59.8 Å². The fraction of sp³-hybridized carbons (Fsp3) is 0.276. The number of thiophene rings is 1. The second kappa shape index (κ2) is 12.3. The first-order valence-electron chi connectivity index (χ1n) is 14.0. The van der Waals surface area contributed by atoms with E-state index in [9.17, 15) is 24.3 Å². The van der Waals surface area contributed by atoms with E-state index < -0.39 is 41.2 Å². The molecule has 0 radical (unpaired) electrons. The summed E-state index contributed by atoms with van der Waals surface area (Å²) in [6, 6.07) is 7.78. The molecule has 0 aliphatic carbocycles. The highest BCUT2D eigenvalue weighted by molar-refractivity contribution is 7.19. The Morgan fingerprint density at radius 1 is 1.07 bits per heavy atom. The summed E-state index contributed by atoms with van der Waals surface area (Å²) in [6.07, 6.45) is 2.51. The second-order valence-electron chi connectivity index (χ2n) is 11.2. The number of pyridine rings is 2. The van der Waals surface area contributed by atoms with Gasteiger partial charge in [0.05, 0.1) is 12.7 Å². The number of nitrogens with one attached hydrogen (secondary N) is 3. The number of carbonyl (C=O) groups excluding carboxylic acids is 3. The molecule has 1 aliphatic heterocycles. The zero-order chi connectivity index (χ0) is 32.6. The SMILES string of the molecule is CC(C)(C)OC(=O)Nc1cc2sc(CNC(=O)[C@@H]3C[C@@H](O)c4ncc(NC(=O)c5nnc(-c6ccccn6)s5)c(=O)n43)cc2cn1. The lowest BCUT2D eigenvalue weighted by Crippen LogP contribution is -2.36. The lowest BCUT2D eigenvalue weighted by atomic mass is 10.2. The number of rotatable bonds is 7. The highest BCUT2D eigenvalue weighted by Gasteiger charge is 2.37. The summed E-state index contributed by atoms with van der Waals surface area (Å²) in [7, 11) is 0. The minimum atomic E-state index is -1.15. The molecule has 0 spiro atoms. The van der Waals surface area contributed by atoms with Crippen molar-refractivity contribution >= 4 is 62.2 Å². The standard InChI is InChI=1S/C29H27N9O6S2/c1-29(2,3)44-28(43)35-21-10-20-14(11-31-21)8-15(45-20)12-33-23(40)18-9-19(39)22-32-13-17(27(42)38(18)22)34-24(41)26-37-36-25(46-26)16-6-4-5-7-30-16/h4-8,10-11,13,18-19,39H,9,12H2,1-3H3,(H,33,40)(H,34,41)(H,31,35,43)/t18-,19+/m0/s1. The van der Waals surface area contributed by atoms with Crippen LogP contribution in [0.15, 0.2) is 53.7 Å². The van der Waals surface area contributed by atoms with Gasteiger partial charge in [0.2, 0.25) is 10.9 Å². The van der Waals surface area contributed by atoms with Crippen molar-refractivity contribution in [1.29, 1.82) is 0 Å². The first-order valence-corrected chi connectivity index (χ1v) is 15.6. The summed E-state index contributed by atoms with van der Waals surface area (Å²) in [5.74, 6) is -0.834. The Morgan fingerprint density at radius 3 is 2.65 bits per heavy atom. The van der Waals surface area contributed by atoms with E-state index in [2.05, 4.69) is 41.1 Å². The Balaban J connectivity index is 1.13. The van der Waals surface area contributed by atoms with Crippen LogP contribution in [0.3, 0.4) is 0 Å². The molecule has 4 N–H and O–H groups in total. The second-order valence-corrected chi connectivity index (χ2v) is 13.4. The molecule has 0 bridgehead atoms. The van der Waals surface area contributed by atoms with Crippen LogP contribution in [0.25, 0.3) is 20.8 Å². The Hall–Kier alpha value is -5.13. The van der Waals surface area contributed by atoms with E-state index in [0.717, 1.165) is 37.1 Å². The number of aromatic nitrogens is 6. The molecular formula is C29H27N9O6S2. The molecule has 17 heteroatoms. The molecule has 6 rings (SSSR count). The number of carbonyl (C=O) groups is 3. The summed E-state index contributed by atoms with van der Waals surface area (Å²) in [5, 5.41) is 27.6. The van der Waals surface area contributed by atoms with Crippen molar-refractivity contribution in [3.05, 3.63) is 75.0 Å². The third kappa shape index (κ3) is 6.60. The molecule has 5 aromatic rings. The maximum atomic E-state index is 13.4. The predicted octanol–water partition coefficient (Wildman–Crippen LogP) is 3.66. The fourth-order valence-electron chi connectivity index (χ4n) is 4.69. The third-order valence-corrected chi connectivity index (χ3v) is 8.69. The number of amides is 3. The van der Waals surface area contributed by atoms with Gasteiger partial charge in [-0.1, -0.05) is 17.4 Å². The van der Waals surface area contributed by atoms with Gasteiger partial charge in [-0.2, -0.15) is 0 Å². The van der Waals surface area contributed by atoms with Crippen molar-refractivity contribution in [3.8, 4) is 10.7 Å². The Bertz CT molecular complexity index is 2020. The molecular weight excluding hydrogens is 635 g/mol. The van der Waals surface area contributed by atoms with E-state index in [1.54, 1.807) is 57.4 Å². The van der Waals surface area contributed by atoms with Crippen LogP contribution in [0.4, 0.5) is 16.3 Å². The Labute approximate surface area is 268 Å². The maximum absolute atomic E-state index is 13.4. The van der Waals surface area contributed by atoms with Crippen molar-refractivity contribution < 1.29 is 24.2 Å². The van der Waals surface area contributed by atoms with E-state index in [4.69, 9.17) is 4.74 Å². The summed E-state index contributed by atoms with van der Waals surface area (Å²) in [4.78, 5) is 65.1. The molecule has 0 aromatic carbocycles. The van der Waals surface area contributed by atoms with Gasteiger partial charge in [0.25, 0.3) is 11.5 Å². The molecule has 236 valence electrons. The van der Waals surface area contributed by atoms with Crippen LogP contribution in [-0.2, 0) is 16.1 Å². The van der Waals surface area contributed by atoms with Gasteiger partial charge in [0.1, 0.15) is 40.8 Å². The molecule has 0 saturated carbocycles. The van der Waals surface area contributed by atoms with Gasteiger partial charge in [0.15, 0.2) is 5.01 Å². The molecule has 46 heavy (non-hydrogen) atoms. The average molecular weight is 662 g/mol. The van der Waals surface area contributed by atoms with Crippen LogP contribution < -0.4 is 21.5 Å². The first kappa shape index (κ1) is 30.9. The number of hydrogen-bond acceptors (Lipinski definition) is 13. The topological polar surface area (TPSA) is 203 Å². The molecule has 0 saturated heterocycles. The molecule has 2 atom stereocenters. The number of nitrogens with zero attached hydrogens (tertiary/aromatic N) is 6. The average Bonchev–Trinajstić information content (AvgIpc) is 3.74. The van der Waals surface area contributed by atoms with Crippen molar-refractivity contribution in [3.63, 3.8) is 0 Å². The molecule has 1 aliphatic rings. The quantitative estimate of drug-likeness (QED) is 0.198. The summed E-state index contributed by atoms with van der Waals surface area (Å²) in [6.45, 7) is 5.43.